The minimum absolute atomic E-state index is 0.739. The molecule has 2 rings (SSSR count). The first-order valence-electron chi connectivity index (χ1n) is 7.90. The topological polar surface area (TPSA) is 6.48 Å². The molecule has 0 aliphatic carbocycles. The van der Waals surface area contributed by atoms with Crippen molar-refractivity contribution in [3.8, 4) is 11.5 Å². The monoisotopic (exact) mass is 300 g/mol. The lowest BCUT2D eigenvalue weighted by Gasteiger charge is -2.36. The van der Waals surface area contributed by atoms with Gasteiger partial charge in [-0.15, -0.1) is 5.54 Å². The number of piperidine rings is 1. The number of hydrogen-bond donors (Lipinski definition) is 0. The summed E-state index contributed by atoms with van der Waals surface area (Å²) >= 11 is 0. The normalized spacial score (nSPS) is 16.8. The Balaban J connectivity index is 1.98. The third kappa shape index (κ3) is 4.91. The molecule has 0 saturated carbocycles. The van der Waals surface area contributed by atoms with Crippen LogP contribution in [0.15, 0.2) is 24.3 Å². The first kappa shape index (κ1) is 16.1. The number of rotatable bonds is 2. The van der Waals surface area contributed by atoms with Gasteiger partial charge in [-0.05, 0) is 51.2 Å². The number of nitrogens with zero attached hydrogens (tertiary/aromatic N) is 2. The Morgan fingerprint density at radius 2 is 1.62 bits per heavy atom. The highest BCUT2D eigenvalue weighted by molar-refractivity contribution is 6.83. The Morgan fingerprint density at radius 1 is 1.05 bits per heavy atom. The quantitative estimate of drug-likeness (QED) is 0.610. The molecule has 114 valence electrons. The summed E-state index contributed by atoms with van der Waals surface area (Å²) in [6, 6.07) is 9.53. The fourth-order valence-electron chi connectivity index (χ4n) is 2.66. The first-order valence-corrected chi connectivity index (χ1v) is 11.4. The van der Waals surface area contributed by atoms with Crippen LogP contribution in [0.1, 0.15) is 18.4 Å². The Kier molecular flexibility index (Phi) is 5.13. The van der Waals surface area contributed by atoms with E-state index in [9.17, 15) is 0 Å². The molecule has 3 heteroatoms. The summed E-state index contributed by atoms with van der Waals surface area (Å²) in [4.78, 5) is 4.85. The molecule has 0 atom stereocenters. The molecule has 1 saturated heterocycles. The van der Waals surface area contributed by atoms with Crippen molar-refractivity contribution in [3.63, 3.8) is 0 Å². The molecule has 0 spiro atoms. The summed E-state index contributed by atoms with van der Waals surface area (Å²) in [7, 11) is 3.09. The van der Waals surface area contributed by atoms with E-state index in [1.165, 1.54) is 18.5 Å². The Hall–Kier alpha value is -1.24. The van der Waals surface area contributed by atoms with E-state index in [0.717, 1.165) is 24.7 Å². The maximum atomic E-state index is 3.43. The van der Waals surface area contributed by atoms with Gasteiger partial charge in [0.05, 0.1) is 0 Å². The number of benzene rings is 1. The minimum Gasteiger partial charge on any atom is -0.371 e. The Bertz CT molecular complexity index is 509. The molecule has 0 amide bonds. The zero-order chi connectivity index (χ0) is 15.5. The maximum absolute atomic E-state index is 3.43. The molecule has 0 bridgehead atoms. The summed E-state index contributed by atoms with van der Waals surface area (Å²) < 4.78 is 0. The van der Waals surface area contributed by atoms with Gasteiger partial charge >= 0.3 is 0 Å². The van der Waals surface area contributed by atoms with Crippen molar-refractivity contribution >= 4 is 13.8 Å². The summed E-state index contributed by atoms with van der Waals surface area (Å²) in [5, 5.41) is 0. The average molecular weight is 301 g/mol. The molecular weight excluding hydrogens is 272 g/mol. The molecule has 0 aromatic heterocycles. The van der Waals surface area contributed by atoms with Crippen LogP contribution in [0.2, 0.25) is 19.6 Å². The zero-order valence-corrected chi connectivity index (χ0v) is 15.1. The van der Waals surface area contributed by atoms with Crippen molar-refractivity contribution in [1.29, 1.82) is 0 Å². The smallest absolute Gasteiger partial charge is 0.129 e. The fourth-order valence-corrected chi connectivity index (χ4v) is 3.18. The van der Waals surface area contributed by atoms with E-state index < -0.39 is 8.07 Å². The summed E-state index contributed by atoms with van der Waals surface area (Å²) in [5.41, 5.74) is 5.91. The van der Waals surface area contributed by atoms with Gasteiger partial charge in [-0.1, -0.05) is 25.6 Å². The molecule has 1 aliphatic heterocycles. The Labute approximate surface area is 131 Å². The van der Waals surface area contributed by atoms with Gasteiger partial charge in [-0.25, -0.2) is 0 Å². The van der Waals surface area contributed by atoms with E-state index in [-0.39, 0.29) is 0 Å². The lowest BCUT2D eigenvalue weighted by atomic mass is 10.0. The number of hydrogen-bond acceptors (Lipinski definition) is 2. The third-order valence-corrected chi connectivity index (χ3v) is 4.88. The van der Waals surface area contributed by atoms with Crippen LogP contribution >= 0.6 is 0 Å². The lowest BCUT2D eigenvalue weighted by Crippen LogP contribution is -2.41. The van der Waals surface area contributed by atoms with Crippen LogP contribution in [0.5, 0.6) is 0 Å². The van der Waals surface area contributed by atoms with Gasteiger partial charge in [-0.2, -0.15) is 0 Å². The van der Waals surface area contributed by atoms with E-state index in [4.69, 9.17) is 0 Å². The van der Waals surface area contributed by atoms with E-state index >= 15 is 0 Å². The molecule has 1 aromatic carbocycles. The highest BCUT2D eigenvalue weighted by atomic mass is 28.3. The van der Waals surface area contributed by atoms with Gasteiger partial charge in [0.2, 0.25) is 0 Å². The van der Waals surface area contributed by atoms with Crippen LogP contribution in [-0.2, 0) is 0 Å². The van der Waals surface area contributed by atoms with Crippen LogP contribution < -0.4 is 4.90 Å². The van der Waals surface area contributed by atoms with Crippen molar-refractivity contribution in [3.05, 3.63) is 29.8 Å². The van der Waals surface area contributed by atoms with Gasteiger partial charge in [0.25, 0.3) is 0 Å². The molecule has 21 heavy (non-hydrogen) atoms. The molecular formula is C18H28N2Si. The molecule has 2 nitrogen and oxygen atoms in total. The summed E-state index contributed by atoms with van der Waals surface area (Å²) in [6.45, 7) is 9.15. The summed E-state index contributed by atoms with van der Waals surface area (Å²) in [6.07, 6.45) is 2.51. The van der Waals surface area contributed by atoms with E-state index in [2.05, 4.69) is 79.3 Å². The van der Waals surface area contributed by atoms with Gasteiger partial charge in [0.15, 0.2) is 0 Å². The predicted molar refractivity (Wildman–Crippen MR) is 95.6 cm³/mol. The van der Waals surface area contributed by atoms with Crippen LogP contribution in [0.25, 0.3) is 0 Å². The van der Waals surface area contributed by atoms with Crippen molar-refractivity contribution in [1.82, 2.24) is 4.90 Å². The van der Waals surface area contributed by atoms with Gasteiger partial charge in [0.1, 0.15) is 8.07 Å². The predicted octanol–water partition coefficient (Wildman–Crippen LogP) is 3.45. The molecule has 0 N–H and O–H groups in total. The maximum Gasteiger partial charge on any atom is 0.129 e. The molecule has 1 fully saturated rings. The van der Waals surface area contributed by atoms with Crippen LogP contribution in [0.4, 0.5) is 5.69 Å². The third-order valence-electron chi connectivity index (χ3n) is 4.01. The summed E-state index contributed by atoms with van der Waals surface area (Å²) in [5.74, 6) is 3.32. The van der Waals surface area contributed by atoms with Gasteiger partial charge in [0, 0.05) is 30.4 Å². The Morgan fingerprint density at radius 3 is 2.10 bits per heavy atom. The van der Waals surface area contributed by atoms with E-state index in [1.54, 1.807) is 0 Å². The van der Waals surface area contributed by atoms with Crippen LogP contribution in [-0.4, -0.2) is 46.2 Å². The second-order valence-corrected chi connectivity index (χ2v) is 12.0. The molecule has 1 aromatic rings. The fraction of sp³-hybridized carbons (Fsp3) is 0.556. The zero-order valence-electron chi connectivity index (χ0n) is 14.1. The lowest BCUT2D eigenvalue weighted by molar-refractivity contribution is 0.249. The molecule has 0 radical (unpaired) electrons. The van der Waals surface area contributed by atoms with Crippen molar-refractivity contribution in [2.75, 3.05) is 32.1 Å². The van der Waals surface area contributed by atoms with E-state index in [0.29, 0.717) is 0 Å². The van der Waals surface area contributed by atoms with Crippen LogP contribution in [0, 0.1) is 11.5 Å². The van der Waals surface area contributed by atoms with Gasteiger partial charge < -0.3 is 9.80 Å². The first-order chi connectivity index (χ1) is 9.85. The van der Waals surface area contributed by atoms with Crippen molar-refractivity contribution in [2.24, 2.45) is 0 Å². The standard InChI is InChI=1S/C18H28N2Si/c1-19(2)17-10-13-20(14-11-17)18-8-6-16(7-9-18)12-15-21(3,4)5/h6-9,17H,10-11,13-14H2,1-5H3. The highest BCUT2D eigenvalue weighted by Gasteiger charge is 2.20. The SMILES string of the molecule is CN(C)C1CCN(c2ccc(C#C[Si](C)(C)C)cc2)CC1. The van der Waals surface area contributed by atoms with E-state index in [1.807, 2.05) is 0 Å². The van der Waals surface area contributed by atoms with Crippen molar-refractivity contribution < 1.29 is 0 Å². The largest absolute Gasteiger partial charge is 0.371 e. The second-order valence-electron chi connectivity index (χ2n) is 7.23. The minimum atomic E-state index is -1.28. The number of anilines is 1. The van der Waals surface area contributed by atoms with Crippen molar-refractivity contribution in [2.45, 2.75) is 38.5 Å². The highest BCUT2D eigenvalue weighted by Crippen LogP contribution is 2.22. The average Bonchev–Trinajstić information content (AvgIpc) is 2.45. The van der Waals surface area contributed by atoms with Crippen LogP contribution in [0.3, 0.4) is 0 Å². The van der Waals surface area contributed by atoms with Gasteiger partial charge in [-0.3, -0.25) is 0 Å². The molecule has 1 heterocycles. The molecule has 0 unspecified atom stereocenters. The molecule has 1 aliphatic rings. The second kappa shape index (κ2) is 6.68.